The van der Waals surface area contributed by atoms with Gasteiger partial charge >= 0.3 is 0 Å². The van der Waals surface area contributed by atoms with Crippen molar-refractivity contribution >= 4 is 23.1 Å². The number of ether oxygens (including phenoxy) is 3. The lowest BCUT2D eigenvalue weighted by atomic mass is 9.95. The van der Waals surface area contributed by atoms with Gasteiger partial charge in [-0.25, -0.2) is 0 Å². The molecule has 1 fully saturated rings. The summed E-state index contributed by atoms with van der Waals surface area (Å²) in [6.45, 7) is 6.41. The maximum Gasteiger partial charge on any atom is 0.300 e. The highest BCUT2D eigenvalue weighted by Gasteiger charge is 2.47. The van der Waals surface area contributed by atoms with Crippen LogP contribution in [0.15, 0.2) is 78.4 Å². The van der Waals surface area contributed by atoms with Crippen molar-refractivity contribution in [3.63, 3.8) is 0 Å². The van der Waals surface area contributed by atoms with Crippen molar-refractivity contribution < 1.29 is 28.9 Å². The molecule has 7 heteroatoms. The summed E-state index contributed by atoms with van der Waals surface area (Å²) in [5.41, 5.74) is 1.52. The number of rotatable bonds is 9. The molecule has 0 saturated carbocycles. The Morgan fingerprint density at radius 1 is 0.946 bits per heavy atom. The fourth-order valence-corrected chi connectivity index (χ4v) is 4.29. The zero-order chi connectivity index (χ0) is 26.5. The van der Waals surface area contributed by atoms with E-state index < -0.39 is 17.7 Å². The minimum absolute atomic E-state index is 0.00302. The third kappa shape index (κ3) is 5.45. The quantitative estimate of drug-likeness (QED) is 0.223. The fourth-order valence-electron chi connectivity index (χ4n) is 4.29. The van der Waals surface area contributed by atoms with Crippen LogP contribution < -0.4 is 19.1 Å². The van der Waals surface area contributed by atoms with E-state index in [2.05, 4.69) is 0 Å². The lowest BCUT2D eigenvalue weighted by Gasteiger charge is -2.26. The molecule has 1 saturated heterocycles. The predicted molar refractivity (Wildman–Crippen MR) is 142 cm³/mol. The summed E-state index contributed by atoms with van der Waals surface area (Å²) in [6.07, 6.45) is 0.807. The van der Waals surface area contributed by atoms with Gasteiger partial charge in [0, 0.05) is 17.3 Å². The van der Waals surface area contributed by atoms with E-state index in [4.69, 9.17) is 14.2 Å². The van der Waals surface area contributed by atoms with Crippen molar-refractivity contribution in [3.05, 3.63) is 89.5 Å². The second-order valence-corrected chi connectivity index (χ2v) is 8.98. The summed E-state index contributed by atoms with van der Waals surface area (Å²) < 4.78 is 16.8. The summed E-state index contributed by atoms with van der Waals surface area (Å²) in [7, 11) is 1.53. The molecule has 0 radical (unpaired) electrons. The predicted octanol–water partition coefficient (Wildman–Crippen LogP) is 5.90. The molecule has 7 nitrogen and oxygen atoms in total. The largest absolute Gasteiger partial charge is 0.507 e. The molecule has 4 rings (SSSR count). The average Bonchev–Trinajstić information content (AvgIpc) is 3.17. The van der Waals surface area contributed by atoms with Gasteiger partial charge in [-0.1, -0.05) is 37.3 Å². The van der Waals surface area contributed by atoms with E-state index in [0.717, 1.165) is 6.42 Å². The normalized spacial score (nSPS) is 16.8. The Kier molecular flexibility index (Phi) is 7.82. The first-order chi connectivity index (χ1) is 17.8. The second-order valence-electron chi connectivity index (χ2n) is 8.98. The molecule has 0 aliphatic carbocycles. The highest BCUT2D eigenvalue weighted by atomic mass is 16.5. The molecule has 0 aromatic heterocycles. The molecular formula is C30H31NO6. The number of carbonyl (C=O) groups excluding carboxylic acids is 2. The highest BCUT2D eigenvalue weighted by molar-refractivity contribution is 6.51. The minimum atomic E-state index is -0.859. The van der Waals surface area contributed by atoms with Crippen LogP contribution >= 0.6 is 0 Å². The molecule has 37 heavy (non-hydrogen) atoms. The number of amides is 1. The molecule has 0 bridgehead atoms. The molecular weight excluding hydrogens is 470 g/mol. The van der Waals surface area contributed by atoms with Crippen LogP contribution in [0.3, 0.4) is 0 Å². The van der Waals surface area contributed by atoms with Crippen molar-refractivity contribution in [3.8, 4) is 17.2 Å². The fraction of sp³-hybridized carbons (Fsp3) is 0.267. The summed E-state index contributed by atoms with van der Waals surface area (Å²) in [4.78, 5) is 28.2. The average molecular weight is 502 g/mol. The number of hydrogen-bond acceptors (Lipinski definition) is 6. The summed E-state index contributed by atoms with van der Waals surface area (Å²) >= 11 is 0. The number of aliphatic hydroxyl groups is 1. The molecule has 1 aliphatic rings. The molecule has 0 spiro atoms. The van der Waals surface area contributed by atoms with Gasteiger partial charge in [-0.2, -0.15) is 0 Å². The number of anilines is 1. The molecule has 1 heterocycles. The van der Waals surface area contributed by atoms with Gasteiger partial charge in [0.15, 0.2) is 0 Å². The first-order valence-electron chi connectivity index (χ1n) is 12.3. The number of aliphatic hydroxyl groups excluding tert-OH is 1. The molecule has 1 unspecified atom stereocenters. The van der Waals surface area contributed by atoms with Crippen LogP contribution in [0.4, 0.5) is 5.69 Å². The molecule has 3 aromatic carbocycles. The van der Waals surface area contributed by atoms with Gasteiger partial charge in [-0.15, -0.1) is 0 Å². The summed E-state index contributed by atoms with van der Waals surface area (Å²) in [6, 6.07) is 20.1. The number of methoxy groups -OCH3 is 1. The van der Waals surface area contributed by atoms with E-state index >= 15 is 0 Å². The minimum Gasteiger partial charge on any atom is -0.507 e. The smallest absolute Gasteiger partial charge is 0.300 e. The molecule has 1 aliphatic heterocycles. The number of Topliss-reactive ketones (excluding diaryl/α,β-unsaturated/α-hetero) is 1. The number of hydrogen-bond donors (Lipinski definition) is 1. The zero-order valence-corrected chi connectivity index (χ0v) is 21.4. The molecule has 1 atom stereocenters. The Labute approximate surface area is 216 Å². The van der Waals surface area contributed by atoms with Crippen molar-refractivity contribution in [2.45, 2.75) is 39.3 Å². The van der Waals surface area contributed by atoms with Gasteiger partial charge in [0.25, 0.3) is 11.7 Å². The highest BCUT2D eigenvalue weighted by Crippen LogP contribution is 2.43. The SMILES string of the molecule is CCCOc1ccc(C2/C(=C(\O)c3cccc(OC(C)C)c3)C(=O)C(=O)N2c2cccc(OC)c2)cc1. The topological polar surface area (TPSA) is 85.3 Å². The number of benzene rings is 3. The van der Waals surface area contributed by atoms with E-state index in [1.165, 1.54) is 12.0 Å². The van der Waals surface area contributed by atoms with Gasteiger partial charge in [0.05, 0.1) is 31.4 Å². The van der Waals surface area contributed by atoms with Gasteiger partial charge in [0.1, 0.15) is 23.0 Å². The summed E-state index contributed by atoms with van der Waals surface area (Å²) in [5.74, 6) is -0.000661. The molecule has 1 N–H and O–H groups in total. The van der Waals surface area contributed by atoms with E-state index in [1.54, 1.807) is 72.8 Å². The van der Waals surface area contributed by atoms with E-state index in [0.29, 0.717) is 40.7 Å². The molecule has 3 aromatic rings. The van der Waals surface area contributed by atoms with Gasteiger partial charge in [-0.3, -0.25) is 14.5 Å². The number of nitrogens with zero attached hydrogens (tertiary/aromatic N) is 1. The van der Waals surface area contributed by atoms with E-state index in [-0.39, 0.29) is 17.4 Å². The Bertz CT molecular complexity index is 1310. The van der Waals surface area contributed by atoms with Crippen LogP contribution in [0.2, 0.25) is 0 Å². The molecule has 1 amide bonds. The Balaban J connectivity index is 1.86. The summed E-state index contributed by atoms with van der Waals surface area (Å²) in [5, 5.41) is 11.4. The maximum atomic E-state index is 13.4. The van der Waals surface area contributed by atoms with Crippen LogP contribution in [-0.2, 0) is 9.59 Å². The number of ketones is 1. The van der Waals surface area contributed by atoms with Crippen molar-refractivity contribution in [1.29, 1.82) is 0 Å². The third-order valence-corrected chi connectivity index (χ3v) is 5.92. The Morgan fingerprint density at radius 2 is 1.65 bits per heavy atom. The van der Waals surface area contributed by atoms with Crippen LogP contribution in [0.1, 0.15) is 44.4 Å². The first kappa shape index (κ1) is 25.8. The van der Waals surface area contributed by atoms with Crippen LogP contribution in [0.5, 0.6) is 17.2 Å². The van der Waals surface area contributed by atoms with Crippen LogP contribution in [-0.4, -0.2) is 36.6 Å². The van der Waals surface area contributed by atoms with Crippen LogP contribution in [0, 0.1) is 0 Å². The first-order valence-corrected chi connectivity index (χ1v) is 12.3. The maximum absolute atomic E-state index is 13.4. The second kappa shape index (κ2) is 11.2. The monoisotopic (exact) mass is 501 g/mol. The van der Waals surface area contributed by atoms with Gasteiger partial charge in [-0.05, 0) is 62.2 Å². The van der Waals surface area contributed by atoms with Crippen molar-refractivity contribution in [2.75, 3.05) is 18.6 Å². The lowest BCUT2D eigenvalue weighted by Crippen LogP contribution is -2.29. The number of carbonyl (C=O) groups is 2. The standard InChI is InChI=1S/C30H31NO6/c1-5-16-36-23-14-12-20(13-15-23)27-26(28(32)21-8-6-11-25(17-21)37-19(2)3)29(33)30(34)31(27)22-9-7-10-24(18-22)35-4/h6-15,17-19,27,32H,5,16H2,1-4H3/b28-26+. The Hall–Kier alpha value is -4.26. The van der Waals surface area contributed by atoms with E-state index in [9.17, 15) is 14.7 Å². The third-order valence-electron chi connectivity index (χ3n) is 5.92. The van der Waals surface area contributed by atoms with Gasteiger partial charge in [0.2, 0.25) is 0 Å². The van der Waals surface area contributed by atoms with Crippen LogP contribution in [0.25, 0.3) is 5.76 Å². The van der Waals surface area contributed by atoms with Gasteiger partial charge < -0.3 is 19.3 Å². The molecule has 192 valence electrons. The van der Waals surface area contributed by atoms with Crippen molar-refractivity contribution in [1.82, 2.24) is 0 Å². The van der Waals surface area contributed by atoms with Crippen molar-refractivity contribution in [2.24, 2.45) is 0 Å². The Morgan fingerprint density at radius 3 is 2.32 bits per heavy atom. The van der Waals surface area contributed by atoms with E-state index in [1.807, 2.05) is 20.8 Å². The lowest BCUT2D eigenvalue weighted by molar-refractivity contribution is -0.132. The zero-order valence-electron chi connectivity index (χ0n) is 21.4.